The highest BCUT2D eigenvalue weighted by atomic mass is 19.4. The van der Waals surface area contributed by atoms with Gasteiger partial charge in [-0.1, -0.05) is 6.07 Å². The molecule has 2 fully saturated rings. The standard InChI is InChI=1S/C19H26F3N3O2/c20-19(21,22)16-4-1-5-17(24-16)25-10-8-14(9-11-25)6-7-18(26)23-13-15-3-2-12-27-15/h1,4-5,14-15H,2-3,6-13H2,(H,23,26)/t15-/m0/s1. The lowest BCUT2D eigenvalue weighted by Gasteiger charge is -2.33. The third kappa shape index (κ3) is 5.82. The van der Waals surface area contributed by atoms with Crippen molar-refractivity contribution in [2.75, 3.05) is 31.1 Å². The molecule has 27 heavy (non-hydrogen) atoms. The lowest BCUT2D eigenvalue weighted by Crippen LogP contribution is -2.35. The van der Waals surface area contributed by atoms with Gasteiger partial charge < -0.3 is 15.0 Å². The number of nitrogens with one attached hydrogen (secondary N) is 1. The molecule has 0 radical (unpaired) electrons. The summed E-state index contributed by atoms with van der Waals surface area (Å²) in [6.45, 7) is 2.69. The van der Waals surface area contributed by atoms with Crippen molar-refractivity contribution in [1.29, 1.82) is 0 Å². The average molecular weight is 385 g/mol. The molecule has 0 aromatic carbocycles. The van der Waals surface area contributed by atoms with Crippen molar-refractivity contribution >= 4 is 11.7 Å². The maximum absolute atomic E-state index is 12.8. The van der Waals surface area contributed by atoms with Crippen molar-refractivity contribution < 1.29 is 22.7 Å². The summed E-state index contributed by atoms with van der Waals surface area (Å²) in [5.74, 6) is 0.839. The lowest BCUT2D eigenvalue weighted by atomic mass is 9.92. The number of hydrogen-bond donors (Lipinski definition) is 1. The van der Waals surface area contributed by atoms with Crippen molar-refractivity contribution in [2.24, 2.45) is 5.92 Å². The van der Waals surface area contributed by atoms with E-state index in [1.807, 2.05) is 4.90 Å². The zero-order chi connectivity index (χ0) is 19.3. The van der Waals surface area contributed by atoms with E-state index in [4.69, 9.17) is 4.74 Å². The molecule has 3 rings (SSSR count). The molecule has 0 spiro atoms. The van der Waals surface area contributed by atoms with E-state index in [9.17, 15) is 18.0 Å². The van der Waals surface area contributed by atoms with Crippen LogP contribution in [0.2, 0.25) is 0 Å². The van der Waals surface area contributed by atoms with Crippen LogP contribution in [0, 0.1) is 5.92 Å². The third-order valence-corrected chi connectivity index (χ3v) is 5.29. The Balaban J connectivity index is 1.39. The number of anilines is 1. The molecular weight excluding hydrogens is 359 g/mol. The van der Waals surface area contributed by atoms with Crippen molar-refractivity contribution in [1.82, 2.24) is 10.3 Å². The first-order valence-corrected chi connectivity index (χ1v) is 9.59. The second-order valence-electron chi connectivity index (χ2n) is 7.29. The van der Waals surface area contributed by atoms with Crippen LogP contribution in [0.1, 0.15) is 44.2 Å². The SMILES string of the molecule is O=C(CCC1CCN(c2cccc(C(F)(F)F)n2)CC1)NC[C@@H]1CCCO1. The fraction of sp³-hybridized carbons (Fsp3) is 0.684. The summed E-state index contributed by atoms with van der Waals surface area (Å²) in [6.07, 6.45) is 0.791. The highest BCUT2D eigenvalue weighted by molar-refractivity contribution is 5.75. The van der Waals surface area contributed by atoms with Crippen molar-refractivity contribution in [3.63, 3.8) is 0 Å². The van der Waals surface area contributed by atoms with Gasteiger partial charge in [0.2, 0.25) is 5.91 Å². The minimum absolute atomic E-state index is 0.0486. The van der Waals surface area contributed by atoms with E-state index in [2.05, 4.69) is 10.3 Å². The number of amides is 1. The van der Waals surface area contributed by atoms with Crippen LogP contribution < -0.4 is 10.2 Å². The van der Waals surface area contributed by atoms with Crippen LogP contribution in [0.3, 0.4) is 0 Å². The molecule has 2 aliphatic heterocycles. The van der Waals surface area contributed by atoms with Crippen LogP contribution in [-0.2, 0) is 15.7 Å². The van der Waals surface area contributed by atoms with E-state index in [1.54, 1.807) is 6.07 Å². The molecule has 1 aromatic heterocycles. The highest BCUT2D eigenvalue weighted by Crippen LogP contribution is 2.30. The summed E-state index contributed by atoms with van der Waals surface area (Å²) < 4.78 is 43.9. The largest absolute Gasteiger partial charge is 0.433 e. The number of ether oxygens (including phenoxy) is 1. The molecule has 1 atom stereocenters. The van der Waals surface area contributed by atoms with Gasteiger partial charge in [-0.15, -0.1) is 0 Å². The molecule has 1 amide bonds. The van der Waals surface area contributed by atoms with Gasteiger partial charge in [-0.3, -0.25) is 4.79 Å². The number of nitrogens with zero attached hydrogens (tertiary/aromatic N) is 2. The fourth-order valence-electron chi connectivity index (χ4n) is 3.66. The van der Waals surface area contributed by atoms with Crippen LogP contribution in [0.5, 0.6) is 0 Å². The molecule has 1 aromatic rings. The Kier molecular flexibility index (Phi) is 6.57. The number of rotatable bonds is 6. The summed E-state index contributed by atoms with van der Waals surface area (Å²) in [7, 11) is 0. The van der Waals surface area contributed by atoms with Gasteiger partial charge in [0.25, 0.3) is 0 Å². The molecular formula is C19H26F3N3O2. The number of carbonyl (C=O) groups is 1. The van der Waals surface area contributed by atoms with Crippen LogP contribution in [-0.4, -0.2) is 43.2 Å². The van der Waals surface area contributed by atoms with Gasteiger partial charge in [-0.25, -0.2) is 4.98 Å². The molecule has 2 aliphatic rings. The molecule has 3 heterocycles. The quantitative estimate of drug-likeness (QED) is 0.816. The topological polar surface area (TPSA) is 54.5 Å². The van der Waals surface area contributed by atoms with Crippen LogP contribution in [0.4, 0.5) is 19.0 Å². The van der Waals surface area contributed by atoms with E-state index in [1.165, 1.54) is 6.07 Å². The molecule has 0 bridgehead atoms. The minimum Gasteiger partial charge on any atom is -0.376 e. The second kappa shape index (κ2) is 8.91. The Morgan fingerprint density at radius 3 is 2.70 bits per heavy atom. The number of hydrogen-bond acceptors (Lipinski definition) is 4. The van der Waals surface area contributed by atoms with Gasteiger partial charge in [-0.2, -0.15) is 13.2 Å². The smallest absolute Gasteiger partial charge is 0.376 e. The van der Waals surface area contributed by atoms with Gasteiger partial charge in [0, 0.05) is 32.7 Å². The van der Waals surface area contributed by atoms with E-state index in [0.717, 1.165) is 44.8 Å². The predicted octanol–water partition coefficient (Wildman–Crippen LogP) is 3.39. The minimum atomic E-state index is -4.43. The lowest BCUT2D eigenvalue weighted by molar-refractivity contribution is -0.141. The number of alkyl halides is 3. The zero-order valence-electron chi connectivity index (χ0n) is 15.3. The fourth-order valence-corrected chi connectivity index (χ4v) is 3.66. The van der Waals surface area contributed by atoms with Crippen molar-refractivity contribution in [3.05, 3.63) is 23.9 Å². The van der Waals surface area contributed by atoms with Crippen molar-refractivity contribution in [3.8, 4) is 0 Å². The first kappa shape index (κ1) is 19.9. The highest BCUT2D eigenvalue weighted by Gasteiger charge is 2.33. The number of carbonyl (C=O) groups excluding carboxylic acids is 1. The van der Waals surface area contributed by atoms with Crippen LogP contribution >= 0.6 is 0 Å². The van der Waals surface area contributed by atoms with Gasteiger partial charge in [-0.05, 0) is 50.2 Å². The zero-order valence-corrected chi connectivity index (χ0v) is 15.3. The molecule has 2 saturated heterocycles. The maximum atomic E-state index is 12.8. The van der Waals surface area contributed by atoms with Gasteiger partial charge in [0.1, 0.15) is 11.5 Å². The van der Waals surface area contributed by atoms with E-state index < -0.39 is 11.9 Å². The number of piperidine rings is 1. The first-order chi connectivity index (χ1) is 12.9. The molecule has 150 valence electrons. The van der Waals surface area contributed by atoms with E-state index >= 15 is 0 Å². The number of pyridine rings is 1. The number of halogens is 3. The predicted molar refractivity (Wildman–Crippen MR) is 95.4 cm³/mol. The normalized spacial score (nSPS) is 21.4. The Morgan fingerprint density at radius 2 is 2.04 bits per heavy atom. The summed E-state index contributed by atoms with van der Waals surface area (Å²) in [6, 6.07) is 4.01. The Hall–Kier alpha value is -1.83. The third-order valence-electron chi connectivity index (χ3n) is 5.29. The molecule has 5 nitrogen and oxygen atoms in total. The molecule has 8 heteroatoms. The second-order valence-corrected chi connectivity index (χ2v) is 7.29. The van der Waals surface area contributed by atoms with Crippen LogP contribution in [0.25, 0.3) is 0 Å². The van der Waals surface area contributed by atoms with E-state index in [0.29, 0.717) is 37.8 Å². The van der Waals surface area contributed by atoms with Gasteiger partial charge in [0.05, 0.1) is 6.10 Å². The summed E-state index contributed by atoms with van der Waals surface area (Å²) in [5, 5.41) is 2.93. The maximum Gasteiger partial charge on any atom is 0.433 e. The number of aromatic nitrogens is 1. The molecule has 0 saturated carbocycles. The Labute approximate surface area is 157 Å². The molecule has 1 N–H and O–H groups in total. The summed E-state index contributed by atoms with van der Waals surface area (Å²) in [5.41, 5.74) is -0.856. The monoisotopic (exact) mass is 385 g/mol. The molecule has 0 aliphatic carbocycles. The van der Waals surface area contributed by atoms with E-state index in [-0.39, 0.29) is 12.0 Å². The first-order valence-electron chi connectivity index (χ1n) is 9.59. The Morgan fingerprint density at radius 1 is 1.26 bits per heavy atom. The average Bonchev–Trinajstić information content (AvgIpc) is 3.18. The Bertz CT molecular complexity index is 625. The summed E-state index contributed by atoms with van der Waals surface area (Å²) >= 11 is 0. The summed E-state index contributed by atoms with van der Waals surface area (Å²) in [4.78, 5) is 17.6. The van der Waals surface area contributed by atoms with Crippen molar-refractivity contribution in [2.45, 2.75) is 50.8 Å². The van der Waals surface area contributed by atoms with Gasteiger partial charge in [0.15, 0.2) is 0 Å². The van der Waals surface area contributed by atoms with Crippen LogP contribution in [0.15, 0.2) is 18.2 Å². The molecule has 0 unspecified atom stereocenters. The van der Waals surface area contributed by atoms with Gasteiger partial charge >= 0.3 is 6.18 Å².